The minimum absolute atomic E-state index is 0.0115. The fourth-order valence-electron chi connectivity index (χ4n) is 4.13. The molecule has 2 aliphatic heterocycles. The van der Waals surface area contributed by atoms with Gasteiger partial charge in [0, 0.05) is 20.0 Å². The molecule has 0 saturated carbocycles. The maximum Gasteiger partial charge on any atom is 0.414 e. The highest BCUT2D eigenvalue weighted by Gasteiger charge is 2.44. The third-order valence-corrected chi connectivity index (χ3v) is 11.6. The van der Waals surface area contributed by atoms with E-state index in [4.69, 9.17) is 13.9 Å². The summed E-state index contributed by atoms with van der Waals surface area (Å²) >= 11 is 0. The molecule has 0 aromatic heterocycles. The first kappa shape index (κ1) is 31.7. The second kappa shape index (κ2) is 11.6. The van der Waals surface area contributed by atoms with Crippen LogP contribution in [0.1, 0.15) is 54.0 Å². The van der Waals surface area contributed by atoms with Crippen molar-refractivity contribution in [1.82, 2.24) is 10.2 Å². The highest BCUT2D eigenvalue weighted by Crippen LogP contribution is 2.39. The molecule has 0 unspecified atom stereocenters. The van der Waals surface area contributed by atoms with Gasteiger partial charge in [-0.2, -0.15) is 0 Å². The van der Waals surface area contributed by atoms with Crippen LogP contribution in [-0.4, -0.2) is 75.3 Å². The number of carbonyl (C=O) groups excluding carboxylic acids is 3. The molecule has 1 N–H and O–H groups in total. The van der Waals surface area contributed by atoms with Crippen LogP contribution < -0.4 is 10.2 Å². The van der Waals surface area contributed by atoms with Crippen molar-refractivity contribution in [1.29, 1.82) is 0 Å². The Morgan fingerprint density at radius 2 is 1.75 bits per heavy atom. The minimum atomic E-state index is -2.43. The van der Waals surface area contributed by atoms with Crippen molar-refractivity contribution in [3.05, 3.63) is 35.4 Å². The van der Waals surface area contributed by atoms with Crippen molar-refractivity contribution in [3.63, 3.8) is 0 Å². The van der Waals surface area contributed by atoms with Crippen LogP contribution in [-0.2, 0) is 23.5 Å². The van der Waals surface area contributed by atoms with Crippen molar-refractivity contribution in [2.24, 2.45) is 0 Å². The van der Waals surface area contributed by atoms with Crippen molar-refractivity contribution in [2.45, 2.75) is 84.5 Å². The van der Waals surface area contributed by atoms with Gasteiger partial charge in [0.1, 0.15) is 23.3 Å². The second-order valence-corrected chi connectivity index (χ2v) is 17.5. The van der Waals surface area contributed by atoms with Gasteiger partial charge in [-0.15, -0.1) is 0 Å². The lowest BCUT2D eigenvalue weighted by molar-refractivity contribution is -0.173. The molecule has 0 spiro atoms. The van der Waals surface area contributed by atoms with E-state index in [1.54, 1.807) is 31.7 Å². The van der Waals surface area contributed by atoms with Gasteiger partial charge >= 0.3 is 12.1 Å². The minimum Gasteiger partial charge on any atom is -0.457 e. The van der Waals surface area contributed by atoms with Crippen LogP contribution in [0.5, 0.6) is 0 Å². The van der Waals surface area contributed by atoms with Crippen molar-refractivity contribution in [3.8, 4) is 0 Å². The Labute approximate surface area is 235 Å². The summed E-state index contributed by atoms with van der Waals surface area (Å²) < 4.78 is 48.1. The van der Waals surface area contributed by atoms with Gasteiger partial charge in [0.15, 0.2) is 8.32 Å². The van der Waals surface area contributed by atoms with Gasteiger partial charge < -0.3 is 19.2 Å². The predicted molar refractivity (Wildman–Crippen MR) is 150 cm³/mol. The molecule has 0 bridgehead atoms. The Morgan fingerprint density at radius 1 is 1.15 bits per heavy atom. The molecular weight excluding hydrogens is 540 g/mol. The molecule has 2 atom stereocenters. The van der Waals surface area contributed by atoms with E-state index in [1.165, 1.54) is 6.92 Å². The molecule has 0 aliphatic carbocycles. The zero-order valence-corrected chi connectivity index (χ0v) is 25.8. The number of hydrogen-bond donors (Lipinski definition) is 1. The van der Waals surface area contributed by atoms with E-state index in [0.29, 0.717) is 5.57 Å². The van der Waals surface area contributed by atoms with Gasteiger partial charge in [-0.3, -0.25) is 14.6 Å². The number of hydrogen-bond acceptors (Lipinski definition) is 7. The average molecular weight is 582 g/mol. The number of esters is 1. The zero-order chi connectivity index (χ0) is 30.2. The highest BCUT2D eigenvalue weighted by atomic mass is 28.4. The summed E-state index contributed by atoms with van der Waals surface area (Å²) in [5.74, 6) is -2.52. The van der Waals surface area contributed by atoms with Gasteiger partial charge in [-0.05, 0) is 56.6 Å². The number of halogens is 2. The number of cyclic esters (lactones) is 1. The van der Waals surface area contributed by atoms with E-state index in [9.17, 15) is 14.4 Å². The molecule has 1 fully saturated rings. The van der Waals surface area contributed by atoms with Crippen LogP contribution in [0.3, 0.4) is 0 Å². The van der Waals surface area contributed by atoms with E-state index in [0.717, 1.165) is 17.0 Å². The molecule has 2 heterocycles. The normalized spacial score (nSPS) is 19.4. The lowest BCUT2D eigenvalue weighted by Crippen LogP contribution is -2.53. The largest absolute Gasteiger partial charge is 0.457 e. The smallest absolute Gasteiger partial charge is 0.414 e. The third-order valence-electron chi connectivity index (χ3n) is 7.21. The van der Waals surface area contributed by atoms with E-state index in [1.807, 2.05) is 13.1 Å². The number of carbonyl (C=O) groups is 3. The maximum absolute atomic E-state index is 15.4. The van der Waals surface area contributed by atoms with Gasteiger partial charge in [0.05, 0.1) is 24.3 Å². The lowest BCUT2D eigenvalue weighted by Gasteiger charge is -2.41. The van der Waals surface area contributed by atoms with Crippen LogP contribution in [0.25, 0.3) is 5.57 Å². The van der Waals surface area contributed by atoms with Crippen LogP contribution in [0, 0.1) is 11.6 Å². The molecule has 9 nitrogen and oxygen atoms in total. The summed E-state index contributed by atoms with van der Waals surface area (Å²) in [6.07, 6.45) is -0.768. The zero-order valence-electron chi connectivity index (χ0n) is 24.8. The summed E-state index contributed by atoms with van der Waals surface area (Å²) in [5, 5.41) is 2.38. The van der Waals surface area contributed by atoms with Crippen LogP contribution in [0.4, 0.5) is 19.3 Å². The summed E-state index contributed by atoms with van der Waals surface area (Å²) in [5.41, 5.74) is -0.601. The molecule has 222 valence electrons. The van der Waals surface area contributed by atoms with Crippen LogP contribution in [0.2, 0.25) is 18.1 Å². The summed E-state index contributed by atoms with van der Waals surface area (Å²) in [6.45, 7) is 17.3. The lowest BCUT2D eigenvalue weighted by atomic mass is 10.0. The van der Waals surface area contributed by atoms with E-state index >= 15 is 8.78 Å². The summed E-state index contributed by atoms with van der Waals surface area (Å²) in [4.78, 5) is 39.6. The Morgan fingerprint density at radius 3 is 2.27 bits per heavy atom. The molecule has 1 aromatic rings. The number of rotatable bonds is 8. The molecule has 2 amide bonds. The number of ether oxygens (including phenoxy) is 2. The average Bonchev–Trinajstić information content (AvgIpc) is 3.40. The van der Waals surface area contributed by atoms with Crippen LogP contribution in [0.15, 0.2) is 18.2 Å². The molecular formula is C28H41F2N3O6Si. The number of benzene rings is 1. The van der Waals surface area contributed by atoms with Gasteiger partial charge in [0.25, 0.3) is 0 Å². The predicted octanol–water partition coefficient (Wildman–Crippen LogP) is 4.81. The third kappa shape index (κ3) is 7.46. The summed E-state index contributed by atoms with van der Waals surface area (Å²) in [7, 11) is -2.43. The molecule has 1 aromatic carbocycles. The van der Waals surface area contributed by atoms with Gasteiger partial charge in [-0.25, -0.2) is 18.4 Å². The van der Waals surface area contributed by atoms with Gasteiger partial charge in [0.2, 0.25) is 12.1 Å². The fourth-order valence-corrected chi connectivity index (χ4v) is 5.29. The quantitative estimate of drug-likeness (QED) is 0.348. The SMILES string of the molecule is CC(=O)NC[C@H]1CN(c2cc(F)c(C3=CCN([C@@H](O[Si](C)(C)C(C)(C)C)C(=O)OC(C)(C)C)C3)c(F)c2)C(=O)O1. The Hall–Kier alpha value is -2.83. The summed E-state index contributed by atoms with van der Waals surface area (Å²) in [6, 6.07) is 2.17. The molecule has 1 saturated heterocycles. The Bertz CT molecular complexity index is 1170. The fraction of sp³-hybridized carbons (Fsp3) is 0.607. The first-order valence-electron chi connectivity index (χ1n) is 13.3. The Balaban J connectivity index is 1.81. The number of amides is 2. The van der Waals surface area contributed by atoms with Crippen molar-refractivity contribution < 1.29 is 37.1 Å². The topological polar surface area (TPSA) is 97.4 Å². The molecule has 40 heavy (non-hydrogen) atoms. The van der Waals surface area contributed by atoms with Gasteiger partial charge in [-0.1, -0.05) is 26.8 Å². The molecule has 0 radical (unpaired) electrons. The van der Waals surface area contributed by atoms with E-state index < -0.39 is 49.9 Å². The van der Waals surface area contributed by atoms with Crippen molar-refractivity contribution >= 4 is 37.5 Å². The second-order valence-electron chi connectivity index (χ2n) is 12.8. The first-order chi connectivity index (χ1) is 18.3. The van der Waals surface area contributed by atoms with Crippen molar-refractivity contribution in [2.75, 3.05) is 31.1 Å². The highest BCUT2D eigenvalue weighted by molar-refractivity contribution is 6.74. The van der Waals surface area contributed by atoms with Crippen LogP contribution >= 0.6 is 0 Å². The number of nitrogens with one attached hydrogen (secondary N) is 1. The standard InChI is InChI=1S/C28H41F2N3O6Si/c1-17(34)31-14-20-16-33(26(36)37-20)19-12-21(29)23(22(30)13-19)18-10-11-32(15-18)24(25(35)38-27(2,3)4)39-40(8,9)28(5,6)7/h10,12-13,20,24H,11,14-16H2,1-9H3,(H,31,34)/t20-,24-/m0/s1. The monoisotopic (exact) mass is 581 g/mol. The number of anilines is 1. The number of nitrogens with zero attached hydrogens (tertiary/aromatic N) is 2. The maximum atomic E-state index is 15.4. The van der Waals surface area contributed by atoms with E-state index in [2.05, 4.69) is 26.1 Å². The molecule has 2 aliphatic rings. The molecule has 12 heteroatoms. The first-order valence-corrected chi connectivity index (χ1v) is 16.3. The Kier molecular flexibility index (Phi) is 9.17. The van der Waals surface area contributed by atoms with E-state index in [-0.39, 0.29) is 48.4 Å². The molecule has 3 rings (SSSR count).